The highest BCUT2D eigenvalue weighted by Crippen LogP contribution is 2.38. The number of aryl methyl sites for hydroxylation is 1. The van der Waals surface area contributed by atoms with Crippen LogP contribution in [0.15, 0.2) is 30.7 Å². The van der Waals surface area contributed by atoms with Crippen molar-refractivity contribution in [3.63, 3.8) is 0 Å². The predicted octanol–water partition coefficient (Wildman–Crippen LogP) is 4.53. The first kappa shape index (κ1) is 24.0. The van der Waals surface area contributed by atoms with Crippen LogP contribution in [0.4, 0.5) is 10.9 Å². The summed E-state index contributed by atoms with van der Waals surface area (Å²) in [5.41, 5.74) is 2.94. The molecule has 0 unspecified atom stereocenters. The van der Waals surface area contributed by atoms with E-state index in [1.165, 1.54) is 23.7 Å². The zero-order valence-electron chi connectivity index (χ0n) is 20.3. The number of halogens is 1. The second kappa shape index (κ2) is 9.47. The maximum Gasteiger partial charge on any atom is 0.259 e. The van der Waals surface area contributed by atoms with Gasteiger partial charge in [-0.3, -0.25) is 15.1 Å². The van der Waals surface area contributed by atoms with E-state index in [0.29, 0.717) is 43.2 Å². The first-order valence-electron chi connectivity index (χ1n) is 11.9. The van der Waals surface area contributed by atoms with Crippen LogP contribution in [0.1, 0.15) is 35.3 Å². The summed E-state index contributed by atoms with van der Waals surface area (Å²) >= 11 is 7.43. The molecule has 4 aromatic heterocycles. The van der Waals surface area contributed by atoms with Crippen LogP contribution in [0.3, 0.4) is 0 Å². The first-order valence-corrected chi connectivity index (χ1v) is 13.1. The Morgan fingerprint density at radius 1 is 1.11 bits per heavy atom. The van der Waals surface area contributed by atoms with Gasteiger partial charge in [0.25, 0.3) is 5.91 Å². The lowest BCUT2D eigenvalue weighted by Crippen LogP contribution is -2.52. The molecule has 190 valence electrons. The number of methoxy groups -OCH3 is 1. The van der Waals surface area contributed by atoms with Gasteiger partial charge in [0.15, 0.2) is 15.6 Å². The Labute approximate surface area is 222 Å². The number of fused-ring (bicyclic) bond motifs is 1. The third-order valence-electron chi connectivity index (χ3n) is 6.92. The Bertz CT molecular complexity index is 1500. The van der Waals surface area contributed by atoms with Crippen LogP contribution in [0.5, 0.6) is 5.75 Å². The van der Waals surface area contributed by atoms with E-state index in [-0.39, 0.29) is 11.5 Å². The molecule has 1 spiro atoms. The van der Waals surface area contributed by atoms with E-state index >= 15 is 0 Å². The average molecular weight is 538 g/mol. The molecule has 1 N–H and O–H groups in total. The number of ether oxygens (including phenoxy) is 2. The average Bonchev–Trinajstić information content (AvgIpc) is 3.29. The summed E-state index contributed by atoms with van der Waals surface area (Å²) in [6, 6.07) is 3.48. The Morgan fingerprint density at radius 3 is 2.65 bits per heavy atom. The van der Waals surface area contributed by atoms with Gasteiger partial charge in [0, 0.05) is 36.1 Å². The molecule has 2 fully saturated rings. The predicted molar refractivity (Wildman–Crippen MR) is 142 cm³/mol. The van der Waals surface area contributed by atoms with Crippen molar-refractivity contribution in [2.45, 2.75) is 31.8 Å². The van der Waals surface area contributed by atoms with Crippen molar-refractivity contribution in [2.24, 2.45) is 0 Å². The highest BCUT2D eigenvalue weighted by molar-refractivity contribution is 7.21. The van der Waals surface area contributed by atoms with Gasteiger partial charge in [0.2, 0.25) is 0 Å². The molecule has 2 aliphatic rings. The molecule has 0 saturated carbocycles. The number of rotatable bonds is 5. The van der Waals surface area contributed by atoms with Crippen molar-refractivity contribution >= 4 is 50.3 Å². The number of nitrogens with one attached hydrogen (secondary N) is 1. The third-order valence-corrected chi connectivity index (χ3v) is 7.99. The standard InChI is InChI=1S/C25H24ClN7O3S/c1-14-9-15(16-10-19(26)28-12-18(16)35-2)17(11-27-14)22(34)32-24-31-21-23(37-24)30-20(13-29-21)33-6-3-25(4-7-33)5-8-36-25/h9-13H,3-8H2,1-2H3,(H,29,31,32,34). The van der Waals surface area contributed by atoms with Crippen LogP contribution >= 0.6 is 22.9 Å². The number of nitrogens with zero attached hydrogens (tertiary/aromatic N) is 6. The van der Waals surface area contributed by atoms with E-state index in [9.17, 15) is 4.79 Å². The number of hydrogen-bond acceptors (Lipinski definition) is 10. The Kier molecular flexibility index (Phi) is 6.13. The van der Waals surface area contributed by atoms with Gasteiger partial charge in [0.1, 0.15) is 16.7 Å². The minimum atomic E-state index is -0.362. The number of thiazole rings is 1. The Morgan fingerprint density at radius 2 is 1.92 bits per heavy atom. The fourth-order valence-electron chi connectivity index (χ4n) is 4.77. The van der Waals surface area contributed by atoms with Crippen molar-refractivity contribution in [1.29, 1.82) is 0 Å². The van der Waals surface area contributed by atoms with Crippen LogP contribution in [0.2, 0.25) is 5.15 Å². The fourth-order valence-corrected chi connectivity index (χ4v) is 5.71. The number of aromatic nitrogens is 5. The summed E-state index contributed by atoms with van der Waals surface area (Å²) in [6.07, 6.45) is 7.94. The van der Waals surface area contributed by atoms with Gasteiger partial charge in [-0.15, -0.1) is 0 Å². The molecule has 0 bridgehead atoms. The maximum absolute atomic E-state index is 13.4. The first-order chi connectivity index (χ1) is 17.9. The smallest absolute Gasteiger partial charge is 0.259 e. The van der Waals surface area contributed by atoms with Gasteiger partial charge >= 0.3 is 0 Å². The molecule has 2 aliphatic heterocycles. The highest BCUT2D eigenvalue weighted by atomic mass is 35.5. The van der Waals surface area contributed by atoms with E-state index in [1.54, 1.807) is 19.4 Å². The molecular weight excluding hydrogens is 514 g/mol. The van der Waals surface area contributed by atoms with Gasteiger partial charge in [0.05, 0.1) is 37.3 Å². The summed E-state index contributed by atoms with van der Waals surface area (Å²) in [5, 5.41) is 3.58. The van der Waals surface area contributed by atoms with Crippen LogP contribution in [0, 0.1) is 6.92 Å². The summed E-state index contributed by atoms with van der Waals surface area (Å²) < 4.78 is 11.3. The van der Waals surface area contributed by atoms with Crippen molar-refractivity contribution < 1.29 is 14.3 Å². The molecule has 1 amide bonds. The Hall–Kier alpha value is -3.41. The minimum absolute atomic E-state index is 0.0747. The maximum atomic E-state index is 13.4. The molecule has 0 aromatic carbocycles. The van der Waals surface area contributed by atoms with Crippen molar-refractivity contribution in [3.8, 4) is 16.9 Å². The molecule has 4 aromatic rings. The molecule has 6 rings (SSSR count). The summed E-state index contributed by atoms with van der Waals surface area (Å²) in [7, 11) is 1.54. The van der Waals surface area contributed by atoms with Crippen molar-refractivity contribution in [2.75, 3.05) is 37.0 Å². The van der Waals surface area contributed by atoms with Crippen LogP contribution in [-0.4, -0.2) is 63.2 Å². The highest BCUT2D eigenvalue weighted by Gasteiger charge is 2.41. The SMILES string of the molecule is COc1cnc(Cl)cc1-c1cc(C)ncc1C(=O)Nc1nc2ncc(N3CCC4(CCO4)CC3)nc2s1. The summed E-state index contributed by atoms with van der Waals surface area (Å²) in [6.45, 7) is 4.48. The quantitative estimate of drug-likeness (QED) is 0.367. The number of carbonyl (C=O) groups is 1. The largest absolute Gasteiger partial charge is 0.494 e. The molecule has 6 heterocycles. The van der Waals surface area contributed by atoms with Gasteiger partial charge < -0.3 is 14.4 Å². The molecule has 10 nitrogen and oxygen atoms in total. The number of hydrogen-bond donors (Lipinski definition) is 1. The fraction of sp³-hybridized carbons (Fsp3) is 0.360. The molecule has 0 aliphatic carbocycles. The number of anilines is 2. The second-order valence-electron chi connectivity index (χ2n) is 9.18. The summed E-state index contributed by atoms with van der Waals surface area (Å²) in [4.78, 5) is 38.4. The Balaban J connectivity index is 1.25. The molecule has 37 heavy (non-hydrogen) atoms. The van der Waals surface area contributed by atoms with Gasteiger partial charge in [-0.05, 0) is 38.3 Å². The van der Waals surface area contributed by atoms with Crippen LogP contribution in [-0.2, 0) is 4.74 Å². The van der Waals surface area contributed by atoms with E-state index in [4.69, 9.17) is 26.1 Å². The van der Waals surface area contributed by atoms with E-state index in [2.05, 4.69) is 30.2 Å². The van der Waals surface area contributed by atoms with Gasteiger partial charge in [-0.25, -0.2) is 15.0 Å². The molecule has 0 atom stereocenters. The zero-order valence-corrected chi connectivity index (χ0v) is 21.9. The normalized spacial score (nSPS) is 16.6. The lowest BCUT2D eigenvalue weighted by atomic mass is 9.84. The number of carbonyl (C=O) groups excluding carboxylic acids is 1. The number of piperidine rings is 1. The minimum Gasteiger partial charge on any atom is -0.494 e. The molecular formula is C25H24ClN7O3S. The number of pyridine rings is 2. The molecule has 0 radical (unpaired) electrons. The zero-order chi connectivity index (χ0) is 25.6. The van der Waals surface area contributed by atoms with Gasteiger partial charge in [-0.2, -0.15) is 4.98 Å². The molecule has 12 heteroatoms. The van der Waals surface area contributed by atoms with E-state index in [1.807, 2.05) is 13.0 Å². The van der Waals surface area contributed by atoms with Crippen LogP contribution < -0.4 is 15.0 Å². The second-order valence-corrected chi connectivity index (χ2v) is 10.5. The van der Waals surface area contributed by atoms with E-state index in [0.717, 1.165) is 50.5 Å². The van der Waals surface area contributed by atoms with Crippen LogP contribution in [0.25, 0.3) is 21.6 Å². The van der Waals surface area contributed by atoms with Gasteiger partial charge in [-0.1, -0.05) is 22.9 Å². The van der Waals surface area contributed by atoms with Crippen molar-refractivity contribution in [1.82, 2.24) is 24.9 Å². The van der Waals surface area contributed by atoms with E-state index < -0.39 is 0 Å². The monoisotopic (exact) mass is 537 g/mol. The molecule has 2 saturated heterocycles. The summed E-state index contributed by atoms with van der Waals surface area (Å²) in [5.74, 6) is 0.950. The lowest BCUT2D eigenvalue weighted by Gasteiger charge is -2.47. The number of amides is 1. The lowest BCUT2D eigenvalue weighted by molar-refractivity contribution is -0.158. The van der Waals surface area contributed by atoms with Crippen molar-refractivity contribution in [3.05, 3.63) is 47.1 Å². The topological polar surface area (TPSA) is 115 Å². The third kappa shape index (κ3) is 4.58.